The van der Waals surface area contributed by atoms with E-state index in [0.29, 0.717) is 12.1 Å². The lowest BCUT2D eigenvalue weighted by Crippen LogP contribution is -2.51. The average Bonchev–Trinajstić information content (AvgIpc) is 3.09. The lowest BCUT2D eigenvalue weighted by molar-refractivity contribution is -0.348. The number of rotatable bonds is 3. The van der Waals surface area contributed by atoms with Crippen LogP contribution < -0.4 is 5.32 Å². The van der Waals surface area contributed by atoms with Gasteiger partial charge in [0.05, 0.1) is 4.90 Å². The molecule has 3 atom stereocenters. The van der Waals surface area contributed by atoms with Crippen LogP contribution in [0.15, 0.2) is 47.4 Å². The highest BCUT2D eigenvalue weighted by Crippen LogP contribution is 2.56. The molecular weight excluding hydrogens is 494 g/mol. The Kier molecular flexibility index (Phi) is 5.60. The minimum atomic E-state index is -6.28. The minimum Gasteiger partial charge on any atom is -0.309 e. The molecule has 1 N–H and O–H groups in total. The summed E-state index contributed by atoms with van der Waals surface area (Å²) in [5.41, 5.74) is -7.36. The second-order valence-corrected chi connectivity index (χ2v) is 10.9. The van der Waals surface area contributed by atoms with Crippen LogP contribution in [0.4, 0.5) is 35.1 Å². The van der Waals surface area contributed by atoms with E-state index in [4.69, 9.17) is 0 Å². The third-order valence-electron chi connectivity index (χ3n) is 6.70. The predicted molar refractivity (Wildman–Crippen MR) is 106 cm³/mol. The van der Waals surface area contributed by atoms with E-state index in [1.54, 1.807) is 6.92 Å². The Bertz CT molecular complexity index is 1190. The molecule has 2 unspecified atom stereocenters. The van der Waals surface area contributed by atoms with Crippen molar-refractivity contribution in [2.75, 3.05) is 0 Å². The number of nitrogens with one attached hydrogen (secondary N) is 1. The normalized spacial score (nSPS) is 25.7. The maximum atomic E-state index is 14.7. The van der Waals surface area contributed by atoms with Gasteiger partial charge in [-0.2, -0.15) is 26.3 Å². The quantitative estimate of drug-likeness (QED) is 0.437. The van der Waals surface area contributed by atoms with Crippen LogP contribution in [-0.2, 0) is 26.7 Å². The van der Waals surface area contributed by atoms with Crippen molar-refractivity contribution in [3.63, 3.8) is 0 Å². The van der Waals surface area contributed by atoms with Crippen LogP contribution in [0.3, 0.4) is 0 Å². The van der Waals surface area contributed by atoms with Gasteiger partial charge in [0.15, 0.2) is 9.84 Å². The molecule has 1 aliphatic heterocycles. The maximum Gasteiger partial charge on any atom is 0.435 e. The van der Waals surface area contributed by atoms with E-state index >= 15 is 0 Å². The van der Waals surface area contributed by atoms with Crippen LogP contribution in [0.1, 0.15) is 36.5 Å². The first-order valence-corrected chi connectivity index (χ1v) is 11.8. The molecule has 0 spiro atoms. The van der Waals surface area contributed by atoms with Gasteiger partial charge in [0, 0.05) is 17.6 Å². The molecule has 34 heavy (non-hydrogen) atoms. The molecule has 2 aromatic carbocycles. The molecule has 1 fully saturated rings. The Morgan fingerprint density at radius 2 is 1.53 bits per heavy atom. The third kappa shape index (κ3) is 3.35. The molecule has 1 saturated heterocycles. The van der Waals surface area contributed by atoms with Gasteiger partial charge in [-0.25, -0.2) is 17.2 Å². The Hall–Kier alpha value is -2.21. The molecule has 1 heterocycles. The summed E-state index contributed by atoms with van der Waals surface area (Å²) in [5.74, 6) is -0.682. The van der Waals surface area contributed by atoms with E-state index in [1.165, 1.54) is 0 Å². The smallest absolute Gasteiger partial charge is 0.309 e. The second-order valence-electron chi connectivity index (χ2n) is 8.74. The second kappa shape index (κ2) is 7.64. The zero-order valence-electron chi connectivity index (χ0n) is 17.6. The van der Waals surface area contributed by atoms with E-state index in [2.05, 4.69) is 5.32 Å². The number of hydrogen-bond donors (Lipinski definition) is 1. The van der Waals surface area contributed by atoms with E-state index < -0.39 is 50.0 Å². The van der Waals surface area contributed by atoms with Crippen molar-refractivity contribution in [3.8, 4) is 0 Å². The largest absolute Gasteiger partial charge is 0.435 e. The van der Waals surface area contributed by atoms with Crippen molar-refractivity contribution in [2.45, 2.75) is 65.9 Å². The Morgan fingerprint density at radius 1 is 0.941 bits per heavy atom. The van der Waals surface area contributed by atoms with Crippen LogP contribution in [0.2, 0.25) is 0 Å². The van der Waals surface area contributed by atoms with Crippen LogP contribution in [0, 0.1) is 5.82 Å². The summed E-state index contributed by atoms with van der Waals surface area (Å²) in [5, 5.41) is 3.13. The van der Waals surface area contributed by atoms with E-state index in [-0.39, 0.29) is 41.3 Å². The van der Waals surface area contributed by atoms with Gasteiger partial charge in [0.1, 0.15) is 10.6 Å². The molecule has 4 rings (SSSR count). The standard InChI is InChI=1S/C22H19F8NO2S/c1-12-11-19(34(32,33)16-6-4-15(23)5-7-16)17-8-3-14(10-13(17)2-9-18(19)31-12)20(24,21(25,26)27)22(28,29)30/h3-8,10,12,18,31H,2,9,11H2,1H3/t12-,18?,19?/m0/s1. The first-order chi connectivity index (χ1) is 15.6. The summed E-state index contributed by atoms with van der Waals surface area (Å²) in [4.78, 5) is -0.239. The average molecular weight is 513 g/mol. The number of sulfone groups is 1. The topological polar surface area (TPSA) is 46.2 Å². The van der Waals surface area contributed by atoms with Gasteiger partial charge in [-0.1, -0.05) is 18.2 Å². The highest BCUT2D eigenvalue weighted by Gasteiger charge is 2.73. The summed E-state index contributed by atoms with van der Waals surface area (Å²) < 4.78 is 134. The van der Waals surface area contributed by atoms with Gasteiger partial charge < -0.3 is 5.32 Å². The molecule has 1 aliphatic carbocycles. The zero-order valence-corrected chi connectivity index (χ0v) is 18.4. The Morgan fingerprint density at radius 3 is 2.09 bits per heavy atom. The van der Waals surface area contributed by atoms with Crippen molar-refractivity contribution in [1.82, 2.24) is 5.32 Å². The molecule has 0 amide bonds. The highest BCUT2D eigenvalue weighted by molar-refractivity contribution is 7.92. The monoisotopic (exact) mass is 513 g/mol. The summed E-state index contributed by atoms with van der Waals surface area (Å²) in [7, 11) is -4.30. The molecule has 0 bridgehead atoms. The van der Waals surface area contributed by atoms with E-state index in [1.807, 2.05) is 0 Å². The summed E-state index contributed by atoms with van der Waals surface area (Å²) in [6, 6.07) is 4.63. The van der Waals surface area contributed by atoms with Gasteiger partial charge in [0.2, 0.25) is 0 Å². The van der Waals surface area contributed by atoms with Crippen molar-refractivity contribution in [3.05, 3.63) is 65.0 Å². The molecule has 12 heteroatoms. The summed E-state index contributed by atoms with van der Waals surface area (Å²) in [6.45, 7) is 1.70. The Labute approximate surface area is 190 Å². The lowest BCUT2D eigenvalue weighted by Gasteiger charge is -2.41. The molecule has 2 aromatic rings. The summed E-state index contributed by atoms with van der Waals surface area (Å²) in [6.07, 6.45) is -12.6. The number of alkyl halides is 7. The molecule has 0 aromatic heterocycles. The fourth-order valence-electron chi connectivity index (χ4n) is 5.23. The van der Waals surface area contributed by atoms with Crippen molar-refractivity contribution < 1.29 is 43.5 Å². The number of fused-ring (bicyclic) bond motifs is 3. The number of aryl methyl sites for hydroxylation is 1. The fraction of sp³-hybridized carbons (Fsp3) is 0.455. The minimum absolute atomic E-state index is 0.0142. The lowest BCUT2D eigenvalue weighted by atomic mass is 9.76. The predicted octanol–water partition coefficient (Wildman–Crippen LogP) is 5.48. The molecule has 3 nitrogen and oxygen atoms in total. The first-order valence-electron chi connectivity index (χ1n) is 10.3. The van der Waals surface area contributed by atoms with Crippen LogP contribution in [-0.4, -0.2) is 32.9 Å². The van der Waals surface area contributed by atoms with Crippen molar-refractivity contribution in [1.29, 1.82) is 0 Å². The third-order valence-corrected chi connectivity index (χ3v) is 9.23. The van der Waals surface area contributed by atoms with Crippen LogP contribution >= 0.6 is 0 Å². The SMILES string of the molecule is C[C@H]1CC2(S(=O)(=O)c3ccc(F)cc3)c3ccc(C(F)(C(F)(F)F)C(F)(F)F)cc3CCC2N1. The van der Waals surface area contributed by atoms with Gasteiger partial charge in [0.25, 0.3) is 0 Å². The van der Waals surface area contributed by atoms with Gasteiger partial charge in [-0.05, 0) is 61.6 Å². The van der Waals surface area contributed by atoms with Gasteiger partial charge >= 0.3 is 18.0 Å². The number of halogens is 8. The number of hydrogen-bond acceptors (Lipinski definition) is 3. The van der Waals surface area contributed by atoms with Crippen LogP contribution in [0.5, 0.6) is 0 Å². The molecule has 2 aliphatic rings. The number of benzene rings is 2. The first kappa shape index (κ1) is 24.9. The molecule has 0 saturated carbocycles. The van der Waals surface area contributed by atoms with Gasteiger partial charge in [-0.15, -0.1) is 0 Å². The molecule has 0 radical (unpaired) electrons. The summed E-state index contributed by atoms with van der Waals surface area (Å²) >= 11 is 0. The molecular formula is C22H19F8NO2S. The van der Waals surface area contributed by atoms with Crippen molar-refractivity contribution in [2.24, 2.45) is 0 Å². The molecule has 186 valence electrons. The van der Waals surface area contributed by atoms with Gasteiger partial charge in [-0.3, -0.25) is 0 Å². The Balaban J connectivity index is 1.94. The van der Waals surface area contributed by atoms with E-state index in [0.717, 1.165) is 30.3 Å². The fourth-order valence-corrected chi connectivity index (χ4v) is 7.66. The van der Waals surface area contributed by atoms with Crippen LogP contribution in [0.25, 0.3) is 0 Å². The zero-order chi connectivity index (χ0) is 25.3. The van der Waals surface area contributed by atoms with Crippen molar-refractivity contribution >= 4 is 9.84 Å². The highest BCUT2D eigenvalue weighted by atomic mass is 32.2. The maximum absolute atomic E-state index is 14.7. The van der Waals surface area contributed by atoms with E-state index in [9.17, 15) is 43.5 Å².